The van der Waals surface area contributed by atoms with E-state index in [2.05, 4.69) is 51.8 Å². The van der Waals surface area contributed by atoms with Crippen molar-refractivity contribution in [3.05, 3.63) is 16.4 Å². The van der Waals surface area contributed by atoms with E-state index in [0.717, 1.165) is 6.54 Å². The van der Waals surface area contributed by atoms with Crippen LogP contribution in [0.25, 0.3) is 0 Å². The normalized spacial score (nSPS) is 24.8. The summed E-state index contributed by atoms with van der Waals surface area (Å²) in [5, 5.41) is 8.04. The Hall–Kier alpha value is -0.350. The van der Waals surface area contributed by atoms with E-state index in [1.807, 2.05) is 6.20 Å². The van der Waals surface area contributed by atoms with Crippen molar-refractivity contribution in [3.63, 3.8) is 0 Å². The molecule has 1 saturated carbocycles. The van der Waals surface area contributed by atoms with Crippen molar-refractivity contribution in [1.29, 1.82) is 0 Å². The summed E-state index contributed by atoms with van der Waals surface area (Å²) in [6.07, 6.45) is 5.74. The van der Waals surface area contributed by atoms with Crippen LogP contribution < -0.4 is 5.32 Å². The number of aromatic nitrogens is 2. The molecule has 0 amide bonds. The van der Waals surface area contributed by atoms with E-state index in [1.54, 1.807) is 0 Å². The maximum atomic E-state index is 4.48. The fourth-order valence-electron chi connectivity index (χ4n) is 2.85. The van der Waals surface area contributed by atoms with Crippen LogP contribution in [0.2, 0.25) is 0 Å². The van der Waals surface area contributed by atoms with Crippen molar-refractivity contribution in [3.8, 4) is 0 Å². The molecule has 2 rings (SSSR count). The van der Waals surface area contributed by atoms with Gasteiger partial charge in [-0.05, 0) is 55.6 Å². The highest BCUT2D eigenvalue weighted by Crippen LogP contribution is 2.38. The summed E-state index contributed by atoms with van der Waals surface area (Å²) in [4.78, 5) is 0. The van der Waals surface area contributed by atoms with Crippen LogP contribution in [0.1, 0.15) is 57.7 Å². The van der Waals surface area contributed by atoms with Gasteiger partial charge < -0.3 is 5.32 Å². The zero-order valence-corrected chi connectivity index (χ0v) is 12.5. The van der Waals surface area contributed by atoms with Gasteiger partial charge in [-0.3, -0.25) is 4.68 Å². The standard InChI is InChI=1S/C13H22BrN3/c1-4-15-11-6-5-10(7-11)13-12(14)8-16-17(13)9(2)3/h8-11,15H,4-7H2,1-3H3. The molecular weight excluding hydrogens is 278 g/mol. The van der Waals surface area contributed by atoms with E-state index in [-0.39, 0.29) is 0 Å². The first-order valence-electron chi connectivity index (χ1n) is 6.59. The maximum absolute atomic E-state index is 4.48. The second-order valence-electron chi connectivity index (χ2n) is 5.18. The molecule has 1 aromatic rings. The molecule has 1 N–H and O–H groups in total. The Morgan fingerprint density at radius 3 is 2.94 bits per heavy atom. The highest BCUT2D eigenvalue weighted by atomic mass is 79.9. The zero-order valence-electron chi connectivity index (χ0n) is 10.9. The van der Waals surface area contributed by atoms with Gasteiger partial charge in [0, 0.05) is 18.0 Å². The van der Waals surface area contributed by atoms with Crippen LogP contribution in [-0.2, 0) is 0 Å². The Balaban J connectivity index is 2.15. The van der Waals surface area contributed by atoms with Crippen molar-refractivity contribution in [1.82, 2.24) is 15.1 Å². The SMILES string of the molecule is CCNC1CCC(c2c(Br)cnn2C(C)C)C1. The topological polar surface area (TPSA) is 29.9 Å². The molecule has 96 valence electrons. The Bertz CT molecular complexity index is 373. The van der Waals surface area contributed by atoms with Gasteiger partial charge in [-0.15, -0.1) is 0 Å². The summed E-state index contributed by atoms with van der Waals surface area (Å²) in [6, 6.07) is 1.13. The van der Waals surface area contributed by atoms with E-state index in [0.29, 0.717) is 18.0 Å². The second-order valence-corrected chi connectivity index (χ2v) is 6.03. The molecule has 3 nitrogen and oxygen atoms in total. The van der Waals surface area contributed by atoms with Gasteiger partial charge in [-0.2, -0.15) is 5.10 Å². The molecule has 17 heavy (non-hydrogen) atoms. The van der Waals surface area contributed by atoms with E-state index in [1.165, 1.54) is 29.4 Å². The molecule has 1 aromatic heterocycles. The Labute approximate surface area is 112 Å². The van der Waals surface area contributed by atoms with Crippen LogP contribution in [0.5, 0.6) is 0 Å². The number of halogens is 1. The van der Waals surface area contributed by atoms with Crippen LogP contribution in [0, 0.1) is 0 Å². The number of hydrogen-bond donors (Lipinski definition) is 1. The lowest BCUT2D eigenvalue weighted by Crippen LogP contribution is -2.25. The van der Waals surface area contributed by atoms with Gasteiger partial charge in [-0.25, -0.2) is 0 Å². The number of hydrogen-bond acceptors (Lipinski definition) is 2. The lowest BCUT2D eigenvalue weighted by atomic mass is 10.0. The van der Waals surface area contributed by atoms with Crippen molar-refractivity contribution in [2.24, 2.45) is 0 Å². The monoisotopic (exact) mass is 299 g/mol. The summed E-state index contributed by atoms with van der Waals surface area (Å²) in [7, 11) is 0. The minimum absolute atomic E-state index is 0.439. The molecule has 0 aliphatic heterocycles. The van der Waals surface area contributed by atoms with Crippen LogP contribution in [0.4, 0.5) is 0 Å². The number of rotatable bonds is 4. The first-order valence-corrected chi connectivity index (χ1v) is 7.39. The molecule has 0 spiro atoms. The number of nitrogens with zero attached hydrogens (tertiary/aromatic N) is 2. The van der Waals surface area contributed by atoms with Gasteiger partial charge in [0.05, 0.1) is 16.4 Å². The van der Waals surface area contributed by atoms with Crippen molar-refractivity contribution < 1.29 is 0 Å². The van der Waals surface area contributed by atoms with Crippen molar-refractivity contribution in [2.45, 2.75) is 58.0 Å². The molecule has 2 unspecified atom stereocenters. The largest absolute Gasteiger partial charge is 0.314 e. The molecule has 4 heteroatoms. The van der Waals surface area contributed by atoms with Crippen molar-refractivity contribution in [2.75, 3.05) is 6.54 Å². The fraction of sp³-hybridized carbons (Fsp3) is 0.769. The van der Waals surface area contributed by atoms with Gasteiger partial charge in [0.1, 0.15) is 0 Å². The van der Waals surface area contributed by atoms with E-state index in [9.17, 15) is 0 Å². The predicted molar refractivity (Wildman–Crippen MR) is 74.4 cm³/mol. The Morgan fingerprint density at radius 2 is 2.29 bits per heavy atom. The molecule has 2 atom stereocenters. The van der Waals surface area contributed by atoms with Gasteiger partial charge in [0.25, 0.3) is 0 Å². The second kappa shape index (κ2) is 5.53. The summed E-state index contributed by atoms with van der Waals surface area (Å²) in [6.45, 7) is 7.64. The van der Waals surface area contributed by atoms with Crippen LogP contribution >= 0.6 is 15.9 Å². The summed E-state index contributed by atoms with van der Waals surface area (Å²) in [5.74, 6) is 0.651. The molecule has 1 fully saturated rings. The zero-order chi connectivity index (χ0) is 12.4. The van der Waals surface area contributed by atoms with Gasteiger partial charge in [0.2, 0.25) is 0 Å². The van der Waals surface area contributed by atoms with Crippen LogP contribution in [-0.4, -0.2) is 22.4 Å². The molecule has 0 saturated heterocycles. The fourth-order valence-corrected chi connectivity index (χ4v) is 3.45. The average molecular weight is 300 g/mol. The third-order valence-electron chi connectivity index (χ3n) is 3.59. The van der Waals surface area contributed by atoms with Gasteiger partial charge in [0.15, 0.2) is 0 Å². The van der Waals surface area contributed by atoms with E-state index < -0.39 is 0 Å². The summed E-state index contributed by atoms with van der Waals surface area (Å²) < 4.78 is 3.34. The highest BCUT2D eigenvalue weighted by molar-refractivity contribution is 9.10. The molecule has 1 heterocycles. The van der Waals surface area contributed by atoms with Crippen LogP contribution in [0.15, 0.2) is 10.7 Å². The number of nitrogens with one attached hydrogen (secondary N) is 1. The predicted octanol–water partition coefficient (Wildman–Crippen LogP) is 3.47. The minimum atomic E-state index is 0.439. The van der Waals surface area contributed by atoms with Gasteiger partial charge in [-0.1, -0.05) is 6.92 Å². The Morgan fingerprint density at radius 1 is 1.53 bits per heavy atom. The maximum Gasteiger partial charge on any atom is 0.0635 e. The van der Waals surface area contributed by atoms with Gasteiger partial charge >= 0.3 is 0 Å². The first kappa shape index (κ1) is 13.1. The Kier molecular flexibility index (Phi) is 4.26. The third-order valence-corrected chi connectivity index (χ3v) is 4.20. The highest BCUT2D eigenvalue weighted by Gasteiger charge is 2.29. The minimum Gasteiger partial charge on any atom is -0.314 e. The molecule has 0 radical (unpaired) electrons. The first-order chi connectivity index (χ1) is 8.13. The molecule has 1 aliphatic rings. The van der Waals surface area contributed by atoms with E-state index >= 15 is 0 Å². The molecule has 1 aliphatic carbocycles. The van der Waals surface area contributed by atoms with Crippen molar-refractivity contribution >= 4 is 15.9 Å². The van der Waals surface area contributed by atoms with Crippen LogP contribution in [0.3, 0.4) is 0 Å². The molecule has 0 aromatic carbocycles. The lowest BCUT2D eigenvalue weighted by molar-refractivity contribution is 0.475. The molecular formula is C13H22BrN3. The smallest absolute Gasteiger partial charge is 0.0635 e. The molecule has 0 bridgehead atoms. The summed E-state index contributed by atoms with van der Waals surface area (Å²) in [5.41, 5.74) is 1.39. The third kappa shape index (κ3) is 2.74. The quantitative estimate of drug-likeness (QED) is 0.922. The summed E-state index contributed by atoms with van der Waals surface area (Å²) >= 11 is 3.65. The lowest BCUT2D eigenvalue weighted by Gasteiger charge is -2.17. The average Bonchev–Trinajstić information content (AvgIpc) is 2.85. The van der Waals surface area contributed by atoms with E-state index in [4.69, 9.17) is 0 Å².